The van der Waals surface area contributed by atoms with Gasteiger partial charge >= 0.3 is 18.2 Å². The van der Waals surface area contributed by atoms with E-state index in [0.29, 0.717) is 106 Å². The molecular formula is C58H67Cl2F3N14O5. The van der Waals surface area contributed by atoms with E-state index in [0.717, 1.165) is 28.1 Å². The number of nitriles is 2. The number of aliphatic hydroxyl groups is 1. The number of piperazine rings is 2. The average molecular weight is 1170 g/mol. The van der Waals surface area contributed by atoms with Gasteiger partial charge in [-0.3, -0.25) is 19.4 Å². The monoisotopic (exact) mass is 1170 g/mol. The number of rotatable bonds is 15. The van der Waals surface area contributed by atoms with Crippen molar-refractivity contribution in [3.63, 3.8) is 0 Å². The lowest BCUT2D eigenvalue weighted by Gasteiger charge is -2.42. The normalized spacial score (nSPS) is 23.3. The fraction of sp³-hybridized carbons (Fsp3) is 0.517. The van der Waals surface area contributed by atoms with Crippen LogP contribution in [0.2, 0.25) is 10.0 Å². The van der Waals surface area contributed by atoms with E-state index in [-0.39, 0.29) is 99.6 Å². The van der Waals surface area contributed by atoms with Crippen LogP contribution < -0.4 is 29.1 Å². The van der Waals surface area contributed by atoms with E-state index in [4.69, 9.17) is 52.6 Å². The first-order valence-electron chi connectivity index (χ1n) is 27.7. The van der Waals surface area contributed by atoms with Crippen LogP contribution in [0.25, 0.3) is 0 Å². The van der Waals surface area contributed by atoms with Gasteiger partial charge in [0.2, 0.25) is 11.8 Å². The second-order valence-corrected chi connectivity index (χ2v) is 23.0. The van der Waals surface area contributed by atoms with E-state index in [1.807, 2.05) is 49.0 Å². The highest BCUT2D eigenvalue weighted by Crippen LogP contribution is 2.46. The number of anilines is 4. The van der Waals surface area contributed by atoms with Crippen molar-refractivity contribution in [2.45, 2.75) is 101 Å². The first-order valence-corrected chi connectivity index (χ1v) is 28.5. The molecule has 4 fully saturated rings. The number of amides is 2. The summed E-state index contributed by atoms with van der Waals surface area (Å²) in [4.78, 5) is 60.9. The fourth-order valence-electron chi connectivity index (χ4n) is 12.7. The Balaban J connectivity index is 0.913. The third-order valence-corrected chi connectivity index (χ3v) is 17.8. The first-order chi connectivity index (χ1) is 39.3. The molecule has 4 saturated heterocycles. The number of likely N-dealkylation sites (N-methyl/N-ethyl adjacent to an activating group) is 2. The zero-order chi connectivity index (χ0) is 58.1. The number of ether oxygens (including phenoxy) is 2. The van der Waals surface area contributed by atoms with Gasteiger partial charge in [0.05, 0.1) is 94.6 Å². The average Bonchev–Trinajstić information content (AvgIpc) is 3.22. The summed E-state index contributed by atoms with van der Waals surface area (Å²) >= 11 is 13.6. The Kier molecular flexibility index (Phi) is 17.4. The van der Waals surface area contributed by atoms with Gasteiger partial charge in [-0.1, -0.05) is 48.5 Å². The van der Waals surface area contributed by atoms with Crippen molar-refractivity contribution < 1.29 is 37.3 Å². The molecule has 8 heterocycles. The molecule has 1 N–H and O–H groups in total. The summed E-state index contributed by atoms with van der Waals surface area (Å²) in [5.41, 5.74) is 4.40. The van der Waals surface area contributed by atoms with Crippen molar-refractivity contribution in [2.24, 2.45) is 0 Å². The number of carbonyl (C=O) groups excluding carboxylic acids is 2. The van der Waals surface area contributed by atoms with Gasteiger partial charge in [-0.2, -0.15) is 43.6 Å². The van der Waals surface area contributed by atoms with Crippen molar-refractivity contribution in [1.29, 1.82) is 10.5 Å². The lowest BCUT2D eigenvalue weighted by atomic mass is 9.93. The predicted molar refractivity (Wildman–Crippen MR) is 304 cm³/mol. The summed E-state index contributed by atoms with van der Waals surface area (Å²) in [7, 11) is 3.84. The number of aromatic nitrogens is 4. The second-order valence-electron chi connectivity index (χ2n) is 22.2. The maximum atomic E-state index is 15.3. The van der Waals surface area contributed by atoms with Crippen LogP contribution in [0, 0.1) is 29.6 Å². The van der Waals surface area contributed by atoms with Gasteiger partial charge in [-0.15, -0.1) is 0 Å². The molecule has 2 amide bonds. The molecule has 19 nitrogen and oxygen atoms in total. The summed E-state index contributed by atoms with van der Waals surface area (Å²) < 4.78 is 58.8. The molecule has 434 valence electrons. The Morgan fingerprint density at radius 3 is 1.74 bits per heavy atom. The van der Waals surface area contributed by atoms with Gasteiger partial charge < -0.3 is 44.0 Å². The maximum absolute atomic E-state index is 15.3. The molecule has 0 bridgehead atoms. The molecule has 10 rings (SSSR count). The van der Waals surface area contributed by atoms with E-state index >= 15 is 13.2 Å². The largest absolute Gasteiger partial charge is 0.462 e. The smallest absolute Gasteiger partial charge is 0.419 e. The highest BCUT2D eigenvalue weighted by Gasteiger charge is 2.42. The van der Waals surface area contributed by atoms with Crippen molar-refractivity contribution in [2.75, 3.05) is 112 Å². The highest BCUT2D eigenvalue weighted by atomic mass is 35.5. The molecule has 0 spiro atoms. The minimum atomic E-state index is -4.81. The lowest BCUT2D eigenvalue weighted by molar-refractivity contribution is -0.137. The van der Waals surface area contributed by atoms with E-state index in [1.165, 1.54) is 18.2 Å². The molecule has 1 unspecified atom stereocenters. The molecule has 24 heteroatoms. The number of hydrogen-bond acceptors (Lipinski definition) is 17. The van der Waals surface area contributed by atoms with Gasteiger partial charge in [0, 0.05) is 88.7 Å². The number of carbonyl (C=O) groups is 2. The molecule has 0 saturated carbocycles. The fourth-order valence-corrected chi connectivity index (χ4v) is 13.2. The summed E-state index contributed by atoms with van der Waals surface area (Å²) in [6.07, 6.45) is -0.731. The second kappa shape index (κ2) is 24.5. The number of alkyl halides is 3. The zero-order valence-electron chi connectivity index (χ0n) is 46.3. The minimum Gasteiger partial charge on any atom is -0.462 e. The summed E-state index contributed by atoms with van der Waals surface area (Å²) in [5.74, 6) is 0.463. The molecule has 2 aromatic heterocycles. The maximum Gasteiger partial charge on any atom is 0.419 e. The SMILES string of the molecule is C=CC(=O)N1CCN(c2nc(OC[C@@H]3CC(c4cc(Cl)c(C(F)(F)F)c(N5CCc6c(nc(OC[C@@H]7C[C@@H](O)CN7C)nc6N6CCN(C(=O)C=C)[C@@H](CC#N)C6)C5)c4)CN3C)nc3c2CCN(c2cccc(C)c2Cl)C3)C[C@@H]1CC#N. The van der Waals surface area contributed by atoms with Gasteiger partial charge in [0.1, 0.15) is 24.8 Å². The topological polar surface area (TPSA) is 198 Å². The Morgan fingerprint density at radius 2 is 1.24 bits per heavy atom. The van der Waals surface area contributed by atoms with Crippen LogP contribution in [0.1, 0.15) is 70.8 Å². The Morgan fingerprint density at radius 1 is 0.720 bits per heavy atom. The summed E-state index contributed by atoms with van der Waals surface area (Å²) in [6, 6.07) is 12.4. The van der Waals surface area contributed by atoms with Crippen LogP contribution in [0.4, 0.5) is 36.2 Å². The van der Waals surface area contributed by atoms with Crippen molar-refractivity contribution in [3.8, 4) is 24.2 Å². The lowest BCUT2D eigenvalue weighted by Crippen LogP contribution is -2.55. The Hall–Kier alpha value is -6.95. The van der Waals surface area contributed by atoms with Gasteiger partial charge in [0.15, 0.2) is 0 Å². The molecule has 6 atom stereocenters. The van der Waals surface area contributed by atoms with Crippen LogP contribution in [-0.2, 0) is 41.7 Å². The Labute approximate surface area is 485 Å². The third kappa shape index (κ3) is 12.1. The third-order valence-electron chi connectivity index (χ3n) is 17.0. The molecule has 2 aromatic carbocycles. The van der Waals surface area contributed by atoms with Crippen molar-refractivity contribution in [3.05, 3.63) is 105 Å². The van der Waals surface area contributed by atoms with Crippen molar-refractivity contribution >= 4 is 58.0 Å². The molecule has 0 aliphatic carbocycles. The zero-order valence-corrected chi connectivity index (χ0v) is 47.8. The number of hydrogen-bond donors (Lipinski definition) is 1. The van der Waals surface area contributed by atoms with Crippen LogP contribution in [-0.4, -0.2) is 179 Å². The molecular weight excluding hydrogens is 1100 g/mol. The number of fused-ring (bicyclic) bond motifs is 2. The summed E-state index contributed by atoms with van der Waals surface area (Å²) in [6.45, 7) is 14.0. The molecule has 4 aromatic rings. The van der Waals surface area contributed by atoms with Gasteiger partial charge in [-0.05, 0) is 94.1 Å². The quantitative estimate of drug-likeness (QED) is 0.125. The number of aryl methyl sites for hydroxylation is 1. The van der Waals surface area contributed by atoms with E-state index < -0.39 is 35.0 Å². The number of aliphatic hydroxyl groups excluding tert-OH is 1. The van der Waals surface area contributed by atoms with Gasteiger partial charge in [0.25, 0.3) is 0 Å². The molecule has 6 aliphatic rings. The minimum absolute atomic E-state index is 0.0239. The first kappa shape index (κ1) is 58.3. The number of β-amino-alcohol motifs (C(OH)–C–C–N with tert-alkyl or cyclic N) is 1. The summed E-state index contributed by atoms with van der Waals surface area (Å²) in [5, 5.41) is 30.1. The Bertz CT molecular complexity index is 3200. The van der Waals surface area contributed by atoms with Gasteiger partial charge in [-0.25, -0.2) is 0 Å². The van der Waals surface area contributed by atoms with Crippen LogP contribution in [0.15, 0.2) is 55.6 Å². The van der Waals surface area contributed by atoms with Crippen molar-refractivity contribution in [1.82, 2.24) is 39.5 Å². The number of halogens is 5. The van der Waals surface area contributed by atoms with E-state index in [9.17, 15) is 25.2 Å². The number of nitrogens with zero attached hydrogens (tertiary/aromatic N) is 14. The van der Waals surface area contributed by atoms with Crippen LogP contribution in [0.3, 0.4) is 0 Å². The molecule has 82 heavy (non-hydrogen) atoms. The number of likely N-dealkylation sites (tertiary alicyclic amines) is 2. The molecule has 6 aliphatic heterocycles. The van der Waals surface area contributed by atoms with E-state index in [1.54, 1.807) is 20.8 Å². The van der Waals surface area contributed by atoms with Crippen LogP contribution >= 0.6 is 23.2 Å². The predicted octanol–water partition coefficient (Wildman–Crippen LogP) is 6.57. The number of benzene rings is 2. The molecule has 0 radical (unpaired) electrons. The highest BCUT2D eigenvalue weighted by molar-refractivity contribution is 6.34. The standard InChI is InChI=1S/C58H67Cl2F3N14O5/c1-6-50(79)76-21-19-74(28-38(76)11-15-64)54-43-13-17-72(48-10-8-9-35(3)53(48)60)31-46(43)66-56(68-54)81-33-40-23-37(27-70(40)4)36-24-45(59)52(58(61,62)63)49(25-36)73-18-14-44-47(32-73)67-57(82-34-41-26-42(78)30-71(41)5)69-55(44)75-20-22-77(51(80)7-2)39(29-75)12-16-65/h6-10,24-25,37-42,78H,1-2,11-14,17-23,26-34H2,3-5H3/t37?,38-,39-,40-,41-,42+/m0/s1. The van der Waals surface area contributed by atoms with Crippen LogP contribution in [0.5, 0.6) is 12.0 Å². The van der Waals surface area contributed by atoms with E-state index in [2.05, 4.69) is 40.0 Å².